The van der Waals surface area contributed by atoms with Gasteiger partial charge < -0.3 is 4.74 Å². The summed E-state index contributed by atoms with van der Waals surface area (Å²) in [5.74, 6) is -1.22. The van der Waals surface area contributed by atoms with E-state index in [1.807, 2.05) is 6.07 Å². The number of carbonyl (C=O) groups excluding carboxylic acids is 4. The van der Waals surface area contributed by atoms with E-state index in [4.69, 9.17) is 4.74 Å². The number of rotatable bonds is 3. The zero-order valence-corrected chi connectivity index (χ0v) is 18.4. The number of imide groups is 2. The van der Waals surface area contributed by atoms with Crippen LogP contribution in [0.5, 0.6) is 5.75 Å². The minimum absolute atomic E-state index is 0.251. The van der Waals surface area contributed by atoms with Gasteiger partial charge in [0.25, 0.3) is 23.6 Å². The van der Waals surface area contributed by atoms with Crippen molar-refractivity contribution in [3.63, 3.8) is 0 Å². The molecule has 7 nitrogen and oxygen atoms in total. The van der Waals surface area contributed by atoms with Crippen molar-refractivity contribution in [2.24, 2.45) is 0 Å². The molecule has 0 aliphatic carbocycles. The van der Waals surface area contributed by atoms with Crippen LogP contribution in [0.15, 0.2) is 60.7 Å². The maximum atomic E-state index is 13.7. The van der Waals surface area contributed by atoms with Gasteiger partial charge in [-0.15, -0.1) is 0 Å². The van der Waals surface area contributed by atoms with E-state index < -0.39 is 11.8 Å². The zero-order valence-electron chi connectivity index (χ0n) is 18.4. The van der Waals surface area contributed by atoms with Gasteiger partial charge >= 0.3 is 0 Å². The molecule has 166 valence electrons. The predicted molar refractivity (Wildman–Crippen MR) is 127 cm³/mol. The molecule has 4 amide bonds. The van der Waals surface area contributed by atoms with Crippen LogP contribution in [0.3, 0.4) is 0 Å². The number of benzene rings is 4. The van der Waals surface area contributed by atoms with Gasteiger partial charge in [-0.1, -0.05) is 24.3 Å². The van der Waals surface area contributed by atoms with Gasteiger partial charge in [-0.3, -0.25) is 24.1 Å². The lowest BCUT2D eigenvalue weighted by molar-refractivity contribution is 0.0619. The molecule has 34 heavy (non-hydrogen) atoms. The van der Waals surface area contributed by atoms with Gasteiger partial charge in [-0.05, 0) is 48.7 Å². The Labute approximate surface area is 194 Å². The highest BCUT2D eigenvalue weighted by atomic mass is 16.5. The standard InChI is InChI=1S/C27H18N2O5/c1-3-28-24(30)18-9-5-7-16-21(11-10-19(23(16)18)25(28)31)29-26(32)17-8-4-6-14-12-15(34-2)13-20(22(14)17)27(29)33/h4-13H,3H2,1-2H3. The minimum Gasteiger partial charge on any atom is -0.497 e. The molecular formula is C27H18N2O5. The van der Waals surface area contributed by atoms with Crippen molar-refractivity contribution in [2.45, 2.75) is 6.92 Å². The van der Waals surface area contributed by atoms with E-state index in [0.717, 1.165) is 10.3 Å². The summed E-state index contributed by atoms with van der Waals surface area (Å²) in [6.45, 7) is 1.99. The molecule has 0 fully saturated rings. The van der Waals surface area contributed by atoms with Crippen LogP contribution in [0.1, 0.15) is 48.4 Å². The fourth-order valence-electron chi connectivity index (χ4n) is 5.03. The van der Waals surface area contributed by atoms with E-state index in [1.165, 1.54) is 12.0 Å². The Hall–Kier alpha value is -4.52. The third kappa shape index (κ3) is 2.46. The van der Waals surface area contributed by atoms with Crippen LogP contribution in [-0.2, 0) is 0 Å². The lowest BCUT2D eigenvalue weighted by Gasteiger charge is -2.31. The Balaban J connectivity index is 1.62. The fourth-order valence-corrected chi connectivity index (χ4v) is 5.03. The summed E-state index contributed by atoms with van der Waals surface area (Å²) in [7, 11) is 1.52. The molecule has 0 aromatic heterocycles. The van der Waals surface area contributed by atoms with E-state index >= 15 is 0 Å². The van der Waals surface area contributed by atoms with E-state index in [0.29, 0.717) is 49.8 Å². The molecule has 2 heterocycles. The summed E-state index contributed by atoms with van der Waals surface area (Å²) in [6.07, 6.45) is 0. The van der Waals surface area contributed by atoms with E-state index in [2.05, 4.69) is 0 Å². The normalized spacial score (nSPS) is 15.0. The molecule has 6 rings (SSSR count). The van der Waals surface area contributed by atoms with Crippen LogP contribution in [0.4, 0.5) is 5.69 Å². The van der Waals surface area contributed by atoms with Crippen LogP contribution in [0.2, 0.25) is 0 Å². The highest BCUT2D eigenvalue weighted by Gasteiger charge is 2.38. The lowest BCUT2D eigenvalue weighted by Crippen LogP contribution is -2.42. The second-order valence-corrected chi connectivity index (χ2v) is 8.24. The van der Waals surface area contributed by atoms with Crippen molar-refractivity contribution in [1.29, 1.82) is 0 Å². The average Bonchev–Trinajstić information content (AvgIpc) is 2.86. The number of anilines is 1. The summed E-state index contributed by atoms with van der Waals surface area (Å²) >= 11 is 0. The molecule has 4 aromatic carbocycles. The first-order chi connectivity index (χ1) is 16.5. The molecule has 0 saturated heterocycles. The van der Waals surface area contributed by atoms with Gasteiger partial charge in [-0.25, -0.2) is 4.90 Å². The van der Waals surface area contributed by atoms with Crippen LogP contribution >= 0.6 is 0 Å². The van der Waals surface area contributed by atoms with Gasteiger partial charge in [0.05, 0.1) is 18.4 Å². The first-order valence-electron chi connectivity index (χ1n) is 10.9. The number of ether oxygens (including phenoxy) is 1. The number of carbonyl (C=O) groups is 4. The summed E-state index contributed by atoms with van der Waals surface area (Å²) in [4.78, 5) is 55.6. The molecule has 7 heteroatoms. The molecule has 4 aromatic rings. The van der Waals surface area contributed by atoms with E-state index in [9.17, 15) is 19.2 Å². The van der Waals surface area contributed by atoms with Crippen molar-refractivity contribution >= 4 is 50.9 Å². The monoisotopic (exact) mass is 450 g/mol. The number of hydrogen-bond donors (Lipinski definition) is 0. The molecule has 0 spiro atoms. The molecule has 0 N–H and O–H groups in total. The third-order valence-corrected chi connectivity index (χ3v) is 6.58. The van der Waals surface area contributed by atoms with Crippen molar-refractivity contribution in [3.05, 3.63) is 82.9 Å². The Kier molecular flexibility index (Phi) is 4.13. The number of hydrogen-bond acceptors (Lipinski definition) is 5. The van der Waals surface area contributed by atoms with E-state index in [1.54, 1.807) is 61.5 Å². The third-order valence-electron chi connectivity index (χ3n) is 6.58. The SMILES string of the molecule is CCN1C(=O)c2cccc3c(N4C(=O)c5cccc6cc(OC)cc(c56)C4=O)ccc(c23)C1=O. The smallest absolute Gasteiger partial charge is 0.266 e. The highest BCUT2D eigenvalue weighted by Crippen LogP contribution is 2.40. The van der Waals surface area contributed by atoms with Crippen molar-refractivity contribution in [3.8, 4) is 5.75 Å². The van der Waals surface area contributed by atoms with Crippen LogP contribution in [-0.4, -0.2) is 42.2 Å². The summed E-state index contributed by atoms with van der Waals surface area (Å²) in [5, 5.41) is 2.27. The maximum absolute atomic E-state index is 13.7. The number of nitrogens with zero attached hydrogens (tertiary/aromatic N) is 2. The molecule has 2 aliphatic rings. The van der Waals surface area contributed by atoms with E-state index in [-0.39, 0.29) is 18.4 Å². The number of methoxy groups -OCH3 is 1. The van der Waals surface area contributed by atoms with Gasteiger partial charge in [0.2, 0.25) is 0 Å². The Morgan fingerprint density at radius 3 is 2.06 bits per heavy atom. The molecule has 0 bridgehead atoms. The summed E-state index contributed by atoms with van der Waals surface area (Å²) in [6, 6.07) is 17.0. The van der Waals surface area contributed by atoms with Gasteiger partial charge in [0, 0.05) is 39.4 Å². The first kappa shape index (κ1) is 20.1. The molecule has 0 atom stereocenters. The largest absolute Gasteiger partial charge is 0.497 e. The van der Waals surface area contributed by atoms with Gasteiger partial charge in [0.1, 0.15) is 5.75 Å². The lowest BCUT2D eigenvalue weighted by atomic mass is 9.90. The molecule has 0 saturated carbocycles. The maximum Gasteiger partial charge on any atom is 0.266 e. The first-order valence-corrected chi connectivity index (χ1v) is 10.9. The molecule has 2 aliphatic heterocycles. The van der Waals surface area contributed by atoms with Gasteiger partial charge in [0.15, 0.2) is 0 Å². The Bertz CT molecular complexity index is 1600. The van der Waals surface area contributed by atoms with Crippen molar-refractivity contribution < 1.29 is 23.9 Å². The predicted octanol–water partition coefficient (Wildman–Crippen LogP) is 4.42. The highest BCUT2D eigenvalue weighted by molar-refractivity contribution is 6.38. The van der Waals surface area contributed by atoms with Gasteiger partial charge in [-0.2, -0.15) is 0 Å². The average molecular weight is 450 g/mol. The molecule has 0 unspecified atom stereocenters. The second-order valence-electron chi connectivity index (χ2n) is 8.24. The van der Waals surface area contributed by atoms with Crippen LogP contribution in [0, 0.1) is 0 Å². The van der Waals surface area contributed by atoms with Crippen LogP contribution in [0.25, 0.3) is 21.5 Å². The Morgan fingerprint density at radius 2 is 1.35 bits per heavy atom. The van der Waals surface area contributed by atoms with Crippen molar-refractivity contribution in [2.75, 3.05) is 18.6 Å². The zero-order chi connectivity index (χ0) is 23.7. The number of amides is 4. The second kappa shape index (κ2) is 6.99. The molecular weight excluding hydrogens is 432 g/mol. The van der Waals surface area contributed by atoms with Crippen LogP contribution < -0.4 is 9.64 Å². The minimum atomic E-state index is -0.489. The fraction of sp³-hybridized carbons (Fsp3) is 0.111. The molecule has 0 radical (unpaired) electrons. The summed E-state index contributed by atoms with van der Waals surface area (Å²) < 4.78 is 5.38. The quantitative estimate of drug-likeness (QED) is 0.432. The van der Waals surface area contributed by atoms with Crippen molar-refractivity contribution in [1.82, 2.24) is 4.90 Å². The Morgan fingerprint density at radius 1 is 0.706 bits per heavy atom. The topological polar surface area (TPSA) is 84.0 Å². The summed E-state index contributed by atoms with van der Waals surface area (Å²) in [5.41, 5.74) is 1.83.